The highest BCUT2D eigenvalue weighted by Crippen LogP contribution is 2.20. The van der Waals surface area contributed by atoms with E-state index < -0.39 is 0 Å². The van der Waals surface area contributed by atoms with Crippen LogP contribution in [-0.4, -0.2) is 68.1 Å². The van der Waals surface area contributed by atoms with Crippen LogP contribution in [-0.2, 0) is 4.74 Å². The summed E-state index contributed by atoms with van der Waals surface area (Å²) in [7, 11) is 1.64. The van der Waals surface area contributed by atoms with E-state index >= 15 is 0 Å². The summed E-state index contributed by atoms with van der Waals surface area (Å²) in [4.78, 5) is 33.1. The fraction of sp³-hybridized carbons (Fsp3) is 0.421. The molecule has 1 N–H and O–H groups in total. The number of furan rings is 1. The lowest BCUT2D eigenvalue weighted by Crippen LogP contribution is -2.49. The number of anilines is 1. The molecule has 0 atom stereocenters. The molecule has 8 nitrogen and oxygen atoms in total. The molecule has 8 heteroatoms. The third-order valence-corrected chi connectivity index (χ3v) is 4.44. The number of aromatic nitrogens is 1. The molecular formula is C19H24N4O4. The highest BCUT2D eigenvalue weighted by Gasteiger charge is 2.26. The second kappa shape index (κ2) is 9.18. The molecule has 1 aliphatic heterocycles. The summed E-state index contributed by atoms with van der Waals surface area (Å²) in [6.07, 6.45) is 3.93. The van der Waals surface area contributed by atoms with Gasteiger partial charge in [-0.25, -0.2) is 4.98 Å². The van der Waals surface area contributed by atoms with E-state index in [9.17, 15) is 9.59 Å². The zero-order valence-electron chi connectivity index (χ0n) is 15.4. The predicted octanol–water partition coefficient (Wildman–Crippen LogP) is 1.40. The Morgan fingerprint density at radius 3 is 2.74 bits per heavy atom. The number of piperazine rings is 1. The maximum atomic E-state index is 12.5. The molecule has 0 aromatic carbocycles. The van der Waals surface area contributed by atoms with Crippen LogP contribution in [0, 0.1) is 0 Å². The van der Waals surface area contributed by atoms with Gasteiger partial charge in [0.1, 0.15) is 5.82 Å². The van der Waals surface area contributed by atoms with E-state index in [0.29, 0.717) is 56.5 Å². The number of ether oxygens (including phenoxy) is 1. The van der Waals surface area contributed by atoms with Crippen molar-refractivity contribution in [2.45, 2.75) is 6.42 Å². The van der Waals surface area contributed by atoms with Gasteiger partial charge < -0.3 is 24.3 Å². The largest absolute Gasteiger partial charge is 0.459 e. The Morgan fingerprint density at radius 1 is 1.22 bits per heavy atom. The van der Waals surface area contributed by atoms with Gasteiger partial charge in [0.25, 0.3) is 11.8 Å². The first-order chi connectivity index (χ1) is 13.2. The van der Waals surface area contributed by atoms with Crippen LogP contribution in [0.5, 0.6) is 0 Å². The van der Waals surface area contributed by atoms with Crippen LogP contribution in [0.15, 0.2) is 41.1 Å². The number of nitrogens with zero attached hydrogens (tertiary/aromatic N) is 3. The quantitative estimate of drug-likeness (QED) is 0.740. The maximum absolute atomic E-state index is 12.5. The van der Waals surface area contributed by atoms with Crippen molar-refractivity contribution in [2.24, 2.45) is 0 Å². The van der Waals surface area contributed by atoms with Crippen molar-refractivity contribution in [1.82, 2.24) is 15.2 Å². The molecule has 2 aromatic rings. The van der Waals surface area contributed by atoms with E-state index in [0.717, 1.165) is 6.42 Å². The van der Waals surface area contributed by atoms with E-state index in [-0.39, 0.29) is 11.8 Å². The SMILES string of the molecule is COCCCNC(=O)c1cccnc1N1CCN(C(=O)c2ccco2)CC1. The first-order valence-corrected chi connectivity index (χ1v) is 9.00. The first kappa shape index (κ1) is 18.9. The minimum atomic E-state index is -0.150. The van der Waals surface area contributed by atoms with Gasteiger partial charge in [0.05, 0.1) is 11.8 Å². The predicted molar refractivity (Wildman–Crippen MR) is 99.9 cm³/mol. The van der Waals surface area contributed by atoms with Crippen LogP contribution in [0.3, 0.4) is 0 Å². The number of carbonyl (C=O) groups excluding carboxylic acids is 2. The Hall–Kier alpha value is -2.87. The van der Waals surface area contributed by atoms with Gasteiger partial charge in [0.2, 0.25) is 0 Å². The lowest BCUT2D eigenvalue weighted by atomic mass is 10.2. The van der Waals surface area contributed by atoms with Crippen molar-refractivity contribution in [3.05, 3.63) is 48.0 Å². The van der Waals surface area contributed by atoms with Gasteiger partial charge in [-0.1, -0.05) is 0 Å². The average molecular weight is 372 g/mol. The van der Waals surface area contributed by atoms with Crippen LogP contribution in [0.4, 0.5) is 5.82 Å². The van der Waals surface area contributed by atoms with Crippen molar-refractivity contribution in [1.29, 1.82) is 0 Å². The number of methoxy groups -OCH3 is 1. The summed E-state index contributed by atoms with van der Waals surface area (Å²) in [6, 6.07) is 6.90. The molecule has 1 aliphatic rings. The molecule has 0 aliphatic carbocycles. The third kappa shape index (κ3) is 4.65. The normalized spacial score (nSPS) is 14.3. The molecular weight excluding hydrogens is 348 g/mol. The summed E-state index contributed by atoms with van der Waals surface area (Å²) in [5.41, 5.74) is 0.542. The number of carbonyl (C=O) groups is 2. The Kier molecular flexibility index (Phi) is 6.43. The molecule has 0 unspecified atom stereocenters. The molecule has 27 heavy (non-hydrogen) atoms. The molecule has 0 radical (unpaired) electrons. The van der Waals surface area contributed by atoms with E-state index in [1.807, 2.05) is 4.90 Å². The Labute approximate surface area is 158 Å². The van der Waals surface area contributed by atoms with Crippen LogP contribution < -0.4 is 10.2 Å². The second-order valence-electron chi connectivity index (χ2n) is 6.23. The van der Waals surface area contributed by atoms with E-state index in [2.05, 4.69) is 10.3 Å². The summed E-state index contributed by atoms with van der Waals surface area (Å²) in [6.45, 7) is 3.45. The zero-order valence-corrected chi connectivity index (χ0v) is 15.4. The van der Waals surface area contributed by atoms with E-state index in [1.54, 1.807) is 42.5 Å². The van der Waals surface area contributed by atoms with Crippen molar-refractivity contribution < 1.29 is 18.7 Å². The second-order valence-corrected chi connectivity index (χ2v) is 6.23. The van der Waals surface area contributed by atoms with Gasteiger partial charge in [0.15, 0.2) is 5.76 Å². The van der Waals surface area contributed by atoms with Crippen LogP contribution in [0.25, 0.3) is 0 Å². The summed E-state index contributed by atoms with van der Waals surface area (Å²) in [5, 5.41) is 2.90. The molecule has 3 rings (SSSR count). The third-order valence-electron chi connectivity index (χ3n) is 4.44. The smallest absolute Gasteiger partial charge is 0.289 e. The molecule has 2 amide bonds. The number of pyridine rings is 1. The molecule has 1 fully saturated rings. The minimum Gasteiger partial charge on any atom is -0.459 e. The molecule has 3 heterocycles. The van der Waals surface area contributed by atoms with Crippen molar-refractivity contribution >= 4 is 17.6 Å². The lowest BCUT2D eigenvalue weighted by Gasteiger charge is -2.35. The van der Waals surface area contributed by atoms with Gasteiger partial charge in [-0.3, -0.25) is 9.59 Å². The summed E-state index contributed by atoms with van der Waals surface area (Å²) in [5.74, 6) is 0.726. The number of nitrogens with one attached hydrogen (secondary N) is 1. The monoisotopic (exact) mass is 372 g/mol. The molecule has 144 valence electrons. The lowest BCUT2D eigenvalue weighted by molar-refractivity contribution is 0.0713. The Balaban J connectivity index is 1.61. The standard InChI is InChI=1S/C19H24N4O4/c1-26-13-4-8-21-18(24)15-5-2-7-20-17(15)22-9-11-23(12-10-22)19(25)16-6-3-14-27-16/h2-3,5-7,14H,4,8-13H2,1H3,(H,21,24). The van der Waals surface area contributed by atoms with Crippen LogP contribution >= 0.6 is 0 Å². The maximum Gasteiger partial charge on any atom is 0.289 e. The number of amides is 2. The topological polar surface area (TPSA) is 87.9 Å². The highest BCUT2D eigenvalue weighted by atomic mass is 16.5. The summed E-state index contributed by atoms with van der Waals surface area (Å²) >= 11 is 0. The zero-order chi connectivity index (χ0) is 19.1. The van der Waals surface area contributed by atoms with Crippen molar-refractivity contribution in [3.63, 3.8) is 0 Å². The van der Waals surface area contributed by atoms with Crippen LogP contribution in [0.1, 0.15) is 27.3 Å². The van der Waals surface area contributed by atoms with Gasteiger partial charge in [0, 0.05) is 52.6 Å². The fourth-order valence-corrected chi connectivity index (χ4v) is 3.02. The molecule has 0 saturated carbocycles. The molecule has 2 aromatic heterocycles. The fourth-order valence-electron chi connectivity index (χ4n) is 3.02. The number of hydrogen-bond donors (Lipinski definition) is 1. The highest BCUT2D eigenvalue weighted by molar-refractivity contribution is 5.99. The first-order valence-electron chi connectivity index (χ1n) is 9.00. The van der Waals surface area contributed by atoms with Gasteiger partial charge in [-0.05, 0) is 30.7 Å². The van der Waals surface area contributed by atoms with Gasteiger partial charge in [-0.2, -0.15) is 0 Å². The summed E-state index contributed by atoms with van der Waals surface area (Å²) < 4.78 is 10.2. The molecule has 0 bridgehead atoms. The van der Waals surface area contributed by atoms with E-state index in [1.165, 1.54) is 6.26 Å². The number of hydrogen-bond acceptors (Lipinski definition) is 6. The molecule has 0 spiro atoms. The average Bonchev–Trinajstić information content (AvgIpc) is 3.25. The minimum absolute atomic E-state index is 0.114. The number of rotatable bonds is 7. The van der Waals surface area contributed by atoms with Crippen LogP contribution in [0.2, 0.25) is 0 Å². The Morgan fingerprint density at radius 2 is 2.04 bits per heavy atom. The van der Waals surface area contributed by atoms with Crippen molar-refractivity contribution in [3.8, 4) is 0 Å². The van der Waals surface area contributed by atoms with Crippen molar-refractivity contribution in [2.75, 3.05) is 51.3 Å². The van der Waals surface area contributed by atoms with Gasteiger partial charge in [-0.15, -0.1) is 0 Å². The molecule has 1 saturated heterocycles. The Bertz CT molecular complexity index is 755. The van der Waals surface area contributed by atoms with Gasteiger partial charge >= 0.3 is 0 Å². The van der Waals surface area contributed by atoms with E-state index in [4.69, 9.17) is 9.15 Å².